The van der Waals surface area contributed by atoms with Crippen LogP contribution in [0.3, 0.4) is 0 Å². The average molecular weight is 412 g/mol. The molecular formula is C17H12ClF6NO2. The number of anilines is 1. The fourth-order valence-corrected chi connectivity index (χ4v) is 2.16. The summed E-state index contributed by atoms with van der Waals surface area (Å²) in [5, 5.41) is 2.83. The molecule has 0 spiro atoms. The molecular weight excluding hydrogens is 400 g/mol. The molecule has 1 amide bonds. The summed E-state index contributed by atoms with van der Waals surface area (Å²) in [6, 6.07) is 6.71. The normalized spacial score (nSPS) is 13.2. The van der Waals surface area contributed by atoms with E-state index in [0.717, 1.165) is 0 Å². The van der Waals surface area contributed by atoms with Crippen molar-refractivity contribution in [1.82, 2.24) is 0 Å². The van der Waals surface area contributed by atoms with Crippen molar-refractivity contribution in [2.75, 3.05) is 5.32 Å². The van der Waals surface area contributed by atoms with Gasteiger partial charge in [-0.3, -0.25) is 4.79 Å². The predicted molar refractivity (Wildman–Crippen MR) is 86.6 cm³/mol. The monoisotopic (exact) mass is 411 g/mol. The van der Waals surface area contributed by atoms with E-state index in [1.807, 2.05) is 0 Å². The second kappa shape index (κ2) is 7.67. The minimum absolute atomic E-state index is 0.0225. The van der Waals surface area contributed by atoms with Crippen LogP contribution in [-0.2, 0) is 17.1 Å². The first-order valence-electron chi connectivity index (χ1n) is 7.39. The van der Waals surface area contributed by atoms with Gasteiger partial charge in [-0.2, -0.15) is 26.3 Å². The minimum Gasteiger partial charge on any atom is -0.481 e. The maximum atomic E-state index is 12.8. The van der Waals surface area contributed by atoms with E-state index in [0.29, 0.717) is 22.8 Å². The van der Waals surface area contributed by atoms with Crippen LogP contribution in [-0.4, -0.2) is 12.0 Å². The van der Waals surface area contributed by atoms with E-state index in [4.69, 9.17) is 16.3 Å². The molecule has 0 aliphatic rings. The second-order valence-corrected chi connectivity index (χ2v) is 5.93. The Hall–Kier alpha value is -2.42. The first kappa shape index (κ1) is 20.9. The third kappa shape index (κ3) is 5.78. The lowest BCUT2D eigenvalue weighted by Gasteiger charge is -2.18. The van der Waals surface area contributed by atoms with Crippen molar-refractivity contribution < 1.29 is 35.9 Å². The Labute approximate surface area is 154 Å². The van der Waals surface area contributed by atoms with Crippen molar-refractivity contribution in [3.63, 3.8) is 0 Å². The van der Waals surface area contributed by atoms with Gasteiger partial charge < -0.3 is 10.1 Å². The van der Waals surface area contributed by atoms with Crippen LogP contribution in [0.25, 0.3) is 0 Å². The van der Waals surface area contributed by atoms with Gasteiger partial charge in [0.1, 0.15) is 5.75 Å². The van der Waals surface area contributed by atoms with E-state index in [2.05, 4.69) is 5.32 Å². The van der Waals surface area contributed by atoms with Crippen LogP contribution >= 0.6 is 11.6 Å². The van der Waals surface area contributed by atoms with Gasteiger partial charge in [0.2, 0.25) is 0 Å². The number of ether oxygens (including phenoxy) is 1. The molecule has 0 heterocycles. The Morgan fingerprint density at radius 3 is 1.89 bits per heavy atom. The Balaban J connectivity index is 2.21. The molecule has 2 aromatic rings. The highest BCUT2D eigenvalue weighted by Gasteiger charge is 2.37. The van der Waals surface area contributed by atoms with Crippen molar-refractivity contribution in [2.45, 2.75) is 25.4 Å². The van der Waals surface area contributed by atoms with Gasteiger partial charge in [-0.15, -0.1) is 0 Å². The number of amides is 1. The summed E-state index contributed by atoms with van der Waals surface area (Å²) < 4.78 is 82.0. The van der Waals surface area contributed by atoms with Gasteiger partial charge in [0, 0.05) is 10.7 Å². The number of alkyl halides is 6. The summed E-state index contributed by atoms with van der Waals surface area (Å²) in [7, 11) is 0. The first-order chi connectivity index (χ1) is 12.4. The lowest BCUT2D eigenvalue weighted by atomic mass is 10.1. The molecule has 2 rings (SSSR count). The van der Waals surface area contributed by atoms with Crippen LogP contribution in [0.4, 0.5) is 32.0 Å². The summed E-state index contributed by atoms with van der Waals surface area (Å²) >= 11 is 5.70. The van der Waals surface area contributed by atoms with Crippen LogP contribution in [0.2, 0.25) is 5.02 Å². The van der Waals surface area contributed by atoms with E-state index in [9.17, 15) is 31.1 Å². The summed E-state index contributed by atoms with van der Waals surface area (Å²) in [6.45, 7) is 1.19. The van der Waals surface area contributed by atoms with Gasteiger partial charge in [-0.05, 0) is 49.4 Å². The van der Waals surface area contributed by atoms with Crippen LogP contribution < -0.4 is 10.1 Å². The van der Waals surface area contributed by atoms with E-state index >= 15 is 0 Å². The maximum absolute atomic E-state index is 12.8. The summed E-state index contributed by atoms with van der Waals surface area (Å²) in [6.07, 6.45) is -11.4. The third-order valence-electron chi connectivity index (χ3n) is 3.36. The summed E-state index contributed by atoms with van der Waals surface area (Å²) in [5.41, 5.74) is -2.73. The summed E-state index contributed by atoms with van der Waals surface area (Å²) in [5.74, 6) is -1.49. The van der Waals surface area contributed by atoms with Crippen molar-refractivity contribution in [3.05, 3.63) is 58.6 Å². The Morgan fingerprint density at radius 1 is 0.963 bits per heavy atom. The van der Waals surface area contributed by atoms with Crippen LogP contribution in [0.1, 0.15) is 18.1 Å². The zero-order valence-corrected chi connectivity index (χ0v) is 14.3. The van der Waals surface area contributed by atoms with E-state index in [1.54, 1.807) is 0 Å². The number of carbonyl (C=O) groups excluding carboxylic acids is 1. The molecule has 2 aromatic carbocycles. The van der Waals surface area contributed by atoms with Gasteiger partial charge in [0.05, 0.1) is 11.1 Å². The standard InChI is InChI=1S/C17H12ClF6NO2/c1-9(15(26)25-13-4-2-12(18)3-5-13)27-14-7-10(16(19,20)21)6-11(8-14)17(22,23)24/h2-9H,1H3,(H,25,26)/t9-/m1/s1. The lowest BCUT2D eigenvalue weighted by Crippen LogP contribution is -2.30. The molecule has 0 aliphatic carbocycles. The highest BCUT2D eigenvalue weighted by molar-refractivity contribution is 6.30. The number of hydrogen-bond acceptors (Lipinski definition) is 2. The van der Waals surface area contributed by atoms with Gasteiger partial charge in [-0.25, -0.2) is 0 Å². The number of hydrogen-bond donors (Lipinski definition) is 1. The molecule has 146 valence electrons. The highest BCUT2D eigenvalue weighted by Crippen LogP contribution is 2.38. The molecule has 0 saturated carbocycles. The number of halogens is 7. The van der Waals surface area contributed by atoms with Crippen LogP contribution in [0.15, 0.2) is 42.5 Å². The molecule has 0 saturated heterocycles. The molecule has 27 heavy (non-hydrogen) atoms. The highest BCUT2D eigenvalue weighted by atomic mass is 35.5. The quantitative estimate of drug-likeness (QED) is 0.647. The molecule has 0 bridgehead atoms. The van der Waals surface area contributed by atoms with Crippen molar-refractivity contribution in [1.29, 1.82) is 0 Å². The Morgan fingerprint density at radius 2 is 1.44 bits per heavy atom. The second-order valence-electron chi connectivity index (χ2n) is 5.50. The number of nitrogens with one attached hydrogen (secondary N) is 1. The molecule has 0 aliphatic heterocycles. The summed E-state index contributed by atoms with van der Waals surface area (Å²) in [4.78, 5) is 12.1. The molecule has 10 heteroatoms. The predicted octanol–water partition coefficient (Wildman–Crippen LogP) is 5.78. The zero-order chi connectivity index (χ0) is 20.4. The van der Waals surface area contributed by atoms with Crippen LogP contribution in [0.5, 0.6) is 5.75 Å². The van der Waals surface area contributed by atoms with Gasteiger partial charge >= 0.3 is 12.4 Å². The molecule has 1 N–H and O–H groups in total. The smallest absolute Gasteiger partial charge is 0.416 e. The Kier molecular flexibility index (Phi) is 5.94. The van der Waals surface area contributed by atoms with Crippen molar-refractivity contribution in [2.24, 2.45) is 0 Å². The molecule has 3 nitrogen and oxygen atoms in total. The number of benzene rings is 2. The lowest BCUT2D eigenvalue weighted by molar-refractivity contribution is -0.143. The minimum atomic E-state index is -5.01. The van der Waals surface area contributed by atoms with E-state index in [1.165, 1.54) is 31.2 Å². The van der Waals surface area contributed by atoms with Crippen LogP contribution in [0, 0.1) is 0 Å². The maximum Gasteiger partial charge on any atom is 0.416 e. The molecule has 0 aromatic heterocycles. The van der Waals surface area contributed by atoms with Gasteiger partial charge in [0.25, 0.3) is 5.91 Å². The zero-order valence-electron chi connectivity index (χ0n) is 13.6. The number of carbonyl (C=O) groups is 1. The molecule has 1 atom stereocenters. The van der Waals surface area contributed by atoms with Crippen molar-refractivity contribution >= 4 is 23.2 Å². The van der Waals surface area contributed by atoms with E-state index in [-0.39, 0.29) is 6.07 Å². The number of rotatable bonds is 4. The van der Waals surface area contributed by atoms with E-state index < -0.39 is 41.2 Å². The SMILES string of the molecule is C[C@@H](Oc1cc(C(F)(F)F)cc(C(F)(F)F)c1)C(=O)Nc1ccc(Cl)cc1. The fourth-order valence-electron chi connectivity index (χ4n) is 2.03. The van der Waals surface area contributed by atoms with Crippen molar-refractivity contribution in [3.8, 4) is 5.75 Å². The van der Waals surface area contributed by atoms with Gasteiger partial charge in [-0.1, -0.05) is 11.6 Å². The Bertz CT molecular complexity index is 785. The third-order valence-corrected chi connectivity index (χ3v) is 3.61. The molecule has 0 radical (unpaired) electrons. The topological polar surface area (TPSA) is 38.3 Å². The first-order valence-corrected chi connectivity index (χ1v) is 7.76. The average Bonchev–Trinajstić information content (AvgIpc) is 2.55. The molecule has 0 unspecified atom stereocenters. The fraction of sp³-hybridized carbons (Fsp3) is 0.235. The largest absolute Gasteiger partial charge is 0.481 e. The molecule has 0 fully saturated rings. The van der Waals surface area contributed by atoms with Gasteiger partial charge in [0.15, 0.2) is 6.10 Å².